The zero-order valence-corrected chi connectivity index (χ0v) is 18.4. The summed E-state index contributed by atoms with van der Waals surface area (Å²) < 4.78 is 5.14. The van der Waals surface area contributed by atoms with Crippen LogP contribution in [0.3, 0.4) is 0 Å². The van der Waals surface area contributed by atoms with Crippen LogP contribution in [0.5, 0.6) is 0 Å². The molecule has 0 bridgehead atoms. The second-order valence-electron chi connectivity index (χ2n) is 8.18. The van der Waals surface area contributed by atoms with Crippen molar-refractivity contribution in [3.8, 4) is 11.4 Å². The first-order valence-electron chi connectivity index (χ1n) is 11.0. The molecule has 3 heterocycles. The van der Waals surface area contributed by atoms with E-state index in [1.165, 1.54) is 5.69 Å². The molecule has 1 aliphatic carbocycles. The van der Waals surface area contributed by atoms with E-state index in [1.807, 2.05) is 6.20 Å². The number of carbonyl (C=O) groups excluding carboxylic acids is 1. The molecule has 2 aromatic heterocycles. The van der Waals surface area contributed by atoms with Crippen LogP contribution in [0.25, 0.3) is 11.4 Å². The quantitative estimate of drug-likeness (QED) is 0.593. The molecule has 166 valence electrons. The van der Waals surface area contributed by atoms with Gasteiger partial charge in [-0.15, -0.1) is 0 Å². The first-order chi connectivity index (χ1) is 15.6. The topological polar surface area (TPSA) is 99.3 Å². The molecule has 2 aliphatic rings. The third kappa shape index (κ3) is 3.91. The van der Waals surface area contributed by atoms with Crippen LogP contribution in [0.4, 0.5) is 17.3 Å². The zero-order chi connectivity index (χ0) is 22.1. The van der Waals surface area contributed by atoms with Gasteiger partial charge in [0.25, 0.3) is 0 Å². The Kier molecular flexibility index (Phi) is 5.48. The van der Waals surface area contributed by atoms with Gasteiger partial charge in [0.2, 0.25) is 5.95 Å². The van der Waals surface area contributed by atoms with E-state index < -0.39 is 0 Å². The van der Waals surface area contributed by atoms with Crippen molar-refractivity contribution in [2.24, 2.45) is 0 Å². The number of benzene rings is 1. The van der Waals surface area contributed by atoms with E-state index in [1.54, 1.807) is 6.92 Å². The Labute approximate surface area is 186 Å². The summed E-state index contributed by atoms with van der Waals surface area (Å²) in [5, 5.41) is 10.5. The number of aromatic amines is 1. The zero-order valence-electron chi connectivity index (χ0n) is 18.4. The molecular weight excluding hydrogens is 406 g/mol. The molecule has 0 amide bonds. The number of hydrogen-bond donors (Lipinski definition) is 2. The minimum atomic E-state index is -0.377. The number of rotatable bonds is 5. The van der Waals surface area contributed by atoms with Crippen LogP contribution in [-0.2, 0) is 17.6 Å². The molecule has 0 spiro atoms. The van der Waals surface area contributed by atoms with Crippen molar-refractivity contribution in [1.29, 1.82) is 0 Å². The van der Waals surface area contributed by atoms with Gasteiger partial charge in [0.05, 0.1) is 12.3 Å². The first-order valence-corrected chi connectivity index (χ1v) is 11.0. The summed E-state index contributed by atoms with van der Waals surface area (Å²) in [4.78, 5) is 26.2. The molecule has 9 nitrogen and oxygen atoms in total. The minimum absolute atomic E-state index is 0.326. The number of nitrogens with zero attached hydrogens (tertiary/aromatic N) is 5. The summed E-state index contributed by atoms with van der Waals surface area (Å²) in [6.07, 6.45) is 3.30. The Morgan fingerprint density at radius 3 is 2.66 bits per heavy atom. The van der Waals surface area contributed by atoms with Crippen LogP contribution in [-0.4, -0.2) is 70.9 Å². The molecule has 0 radical (unpaired) electrons. The number of carbonyl (C=O) groups is 1. The molecule has 0 unspecified atom stereocenters. The average Bonchev–Trinajstić information content (AvgIpc) is 3.25. The molecule has 3 aromatic rings. The van der Waals surface area contributed by atoms with Crippen molar-refractivity contribution in [2.45, 2.75) is 19.8 Å². The molecule has 0 atom stereocenters. The predicted molar refractivity (Wildman–Crippen MR) is 122 cm³/mol. The van der Waals surface area contributed by atoms with E-state index in [-0.39, 0.29) is 5.97 Å². The highest BCUT2D eigenvalue weighted by Crippen LogP contribution is 2.33. The van der Waals surface area contributed by atoms with E-state index >= 15 is 0 Å². The number of ether oxygens (including phenoxy) is 1. The highest BCUT2D eigenvalue weighted by molar-refractivity contribution is 5.91. The first kappa shape index (κ1) is 20.4. The van der Waals surface area contributed by atoms with Gasteiger partial charge in [-0.1, -0.05) is 0 Å². The summed E-state index contributed by atoms with van der Waals surface area (Å²) in [5.41, 5.74) is 5.90. The highest BCUT2D eigenvalue weighted by Gasteiger charge is 2.27. The van der Waals surface area contributed by atoms with Crippen LogP contribution in [0, 0.1) is 0 Å². The van der Waals surface area contributed by atoms with Gasteiger partial charge < -0.3 is 19.9 Å². The van der Waals surface area contributed by atoms with Crippen molar-refractivity contribution < 1.29 is 9.53 Å². The van der Waals surface area contributed by atoms with Crippen LogP contribution in [0.2, 0.25) is 0 Å². The fraction of sp³-hybridized carbons (Fsp3) is 0.391. The predicted octanol–water partition coefficient (Wildman–Crippen LogP) is 2.64. The molecule has 1 saturated heterocycles. The SMILES string of the molecule is CCOC(=O)c1[nH]nc2c1CCc1cnc(Nc3ccc(N4CCN(C)CC4)cc3)nc1-2. The number of esters is 1. The molecule has 9 heteroatoms. The summed E-state index contributed by atoms with van der Waals surface area (Å²) in [6, 6.07) is 8.36. The van der Waals surface area contributed by atoms with E-state index in [4.69, 9.17) is 9.72 Å². The van der Waals surface area contributed by atoms with Crippen LogP contribution >= 0.6 is 0 Å². The molecular formula is C23H27N7O2. The van der Waals surface area contributed by atoms with E-state index in [9.17, 15) is 4.79 Å². The Morgan fingerprint density at radius 1 is 1.12 bits per heavy atom. The summed E-state index contributed by atoms with van der Waals surface area (Å²) >= 11 is 0. The molecule has 1 aliphatic heterocycles. The maximum atomic E-state index is 12.2. The number of hydrogen-bond acceptors (Lipinski definition) is 8. The number of fused-ring (bicyclic) bond motifs is 3. The highest BCUT2D eigenvalue weighted by atomic mass is 16.5. The second-order valence-corrected chi connectivity index (χ2v) is 8.18. The molecule has 2 N–H and O–H groups in total. The Morgan fingerprint density at radius 2 is 1.91 bits per heavy atom. The summed E-state index contributed by atoms with van der Waals surface area (Å²) in [5.74, 6) is 0.127. The van der Waals surface area contributed by atoms with Crippen molar-refractivity contribution in [1.82, 2.24) is 25.1 Å². The Balaban J connectivity index is 1.34. The van der Waals surface area contributed by atoms with Crippen LogP contribution in [0.15, 0.2) is 30.5 Å². The fourth-order valence-electron chi connectivity index (χ4n) is 4.24. The lowest BCUT2D eigenvalue weighted by molar-refractivity contribution is 0.0518. The number of aryl methyl sites for hydroxylation is 1. The molecule has 0 saturated carbocycles. The standard InChI is InChI=1S/C23H27N7O2/c1-3-32-22(31)21-18-9-4-15-14-24-23(26-19(15)20(18)27-28-21)25-16-5-7-17(8-6-16)30-12-10-29(2)11-13-30/h5-8,14H,3-4,9-13H2,1-2H3,(H,27,28)(H,24,25,26). The number of piperazine rings is 1. The third-order valence-electron chi connectivity index (χ3n) is 6.07. The van der Waals surface area contributed by atoms with E-state index in [0.29, 0.717) is 30.4 Å². The third-order valence-corrected chi connectivity index (χ3v) is 6.07. The van der Waals surface area contributed by atoms with Crippen molar-refractivity contribution >= 4 is 23.3 Å². The van der Waals surface area contributed by atoms with Gasteiger partial charge in [0, 0.05) is 49.3 Å². The Hall–Kier alpha value is -3.46. The van der Waals surface area contributed by atoms with Gasteiger partial charge >= 0.3 is 5.97 Å². The monoisotopic (exact) mass is 433 g/mol. The number of likely N-dealkylation sites (N-methyl/N-ethyl adjacent to an activating group) is 1. The lowest BCUT2D eigenvalue weighted by Gasteiger charge is -2.34. The van der Waals surface area contributed by atoms with Gasteiger partial charge in [-0.2, -0.15) is 5.10 Å². The summed E-state index contributed by atoms with van der Waals surface area (Å²) in [6.45, 7) is 6.35. The van der Waals surface area contributed by atoms with Gasteiger partial charge in [0.1, 0.15) is 11.4 Å². The number of anilines is 3. The van der Waals surface area contributed by atoms with Gasteiger partial charge in [-0.05, 0) is 56.6 Å². The van der Waals surface area contributed by atoms with Crippen molar-refractivity contribution in [3.63, 3.8) is 0 Å². The van der Waals surface area contributed by atoms with Crippen LogP contribution in [0.1, 0.15) is 28.5 Å². The molecule has 32 heavy (non-hydrogen) atoms. The number of aromatic nitrogens is 4. The second kappa shape index (κ2) is 8.58. The average molecular weight is 434 g/mol. The number of nitrogens with one attached hydrogen (secondary N) is 2. The lowest BCUT2D eigenvalue weighted by Crippen LogP contribution is -2.44. The molecule has 1 fully saturated rings. The lowest BCUT2D eigenvalue weighted by atomic mass is 9.93. The maximum absolute atomic E-state index is 12.2. The maximum Gasteiger partial charge on any atom is 0.356 e. The molecule has 1 aromatic carbocycles. The van der Waals surface area contributed by atoms with E-state index in [2.05, 4.69) is 61.6 Å². The van der Waals surface area contributed by atoms with Crippen LogP contribution < -0.4 is 10.2 Å². The normalized spacial score (nSPS) is 15.8. The minimum Gasteiger partial charge on any atom is -0.461 e. The smallest absolute Gasteiger partial charge is 0.356 e. The largest absolute Gasteiger partial charge is 0.461 e. The van der Waals surface area contributed by atoms with Crippen molar-refractivity contribution in [2.75, 3.05) is 50.1 Å². The summed E-state index contributed by atoms with van der Waals surface area (Å²) in [7, 11) is 2.16. The van der Waals surface area contributed by atoms with E-state index in [0.717, 1.165) is 55.1 Å². The van der Waals surface area contributed by atoms with Gasteiger partial charge in [-0.25, -0.2) is 14.8 Å². The van der Waals surface area contributed by atoms with Gasteiger partial charge in [-0.3, -0.25) is 5.10 Å². The van der Waals surface area contributed by atoms with Crippen molar-refractivity contribution in [3.05, 3.63) is 47.3 Å². The fourth-order valence-corrected chi connectivity index (χ4v) is 4.24. The van der Waals surface area contributed by atoms with Gasteiger partial charge in [0.15, 0.2) is 0 Å². The number of H-pyrrole nitrogens is 1. The molecule has 5 rings (SSSR count). The Bertz CT molecular complexity index is 1120.